The van der Waals surface area contributed by atoms with E-state index in [0.29, 0.717) is 32.2 Å². The van der Waals surface area contributed by atoms with Crippen molar-refractivity contribution in [2.75, 3.05) is 6.54 Å². The van der Waals surface area contributed by atoms with Crippen molar-refractivity contribution in [3.8, 4) is 0 Å². The van der Waals surface area contributed by atoms with Crippen LogP contribution in [0.25, 0.3) is 0 Å². The summed E-state index contributed by atoms with van der Waals surface area (Å²) in [6.07, 6.45) is 17.3. The van der Waals surface area contributed by atoms with Gasteiger partial charge in [0, 0.05) is 32.2 Å². The number of hydrogen-bond donors (Lipinski definition) is 6. The lowest BCUT2D eigenvalue weighted by Crippen LogP contribution is -2.44. The van der Waals surface area contributed by atoms with Crippen molar-refractivity contribution in [3.63, 3.8) is 0 Å². The molecule has 0 aliphatic heterocycles. The molecule has 0 rings (SSSR count). The minimum Gasteiger partial charge on any atom is -0.480 e. The number of nitrogens with one attached hydrogen (secondary N) is 3. The highest BCUT2D eigenvalue weighted by Crippen LogP contribution is 2.13. The molecule has 0 saturated heterocycles. The molecule has 0 unspecified atom stereocenters. The molecule has 0 aromatic carbocycles. The lowest BCUT2D eigenvalue weighted by molar-refractivity contribution is -0.143. The van der Waals surface area contributed by atoms with E-state index < -0.39 is 29.9 Å². The highest BCUT2D eigenvalue weighted by molar-refractivity contribution is 7.96. The van der Waals surface area contributed by atoms with Gasteiger partial charge in [-0.25, -0.2) is 9.59 Å². The number of thiol groups is 1. The third-order valence-electron chi connectivity index (χ3n) is 7.48. The molecule has 11 nitrogen and oxygen atoms in total. The minimum atomic E-state index is -1.30. The summed E-state index contributed by atoms with van der Waals surface area (Å²) in [7, 11) is 0. The summed E-state index contributed by atoms with van der Waals surface area (Å²) in [6.45, 7) is 2.62. The Morgan fingerprint density at radius 3 is 1.36 bits per heavy atom. The molecule has 12 heteroatoms. The zero-order chi connectivity index (χ0) is 33.0. The lowest BCUT2D eigenvalue weighted by atomic mass is 10.0. The van der Waals surface area contributed by atoms with E-state index in [1.165, 1.54) is 57.8 Å². The fourth-order valence-corrected chi connectivity index (χ4v) is 4.95. The summed E-state index contributed by atoms with van der Waals surface area (Å²) in [4.78, 5) is 70.6. The number of carbonyl (C=O) groups is 6. The molecule has 0 saturated carbocycles. The zero-order valence-electron chi connectivity index (χ0n) is 26.7. The van der Waals surface area contributed by atoms with E-state index >= 15 is 0 Å². The van der Waals surface area contributed by atoms with Gasteiger partial charge in [-0.15, -0.1) is 12.6 Å². The summed E-state index contributed by atoms with van der Waals surface area (Å²) in [5, 5.41) is 26.2. The van der Waals surface area contributed by atoms with Crippen LogP contribution in [-0.2, 0) is 28.8 Å². The first kappa shape index (κ1) is 41.4. The van der Waals surface area contributed by atoms with E-state index in [9.17, 15) is 39.0 Å². The Hall–Kier alpha value is -2.63. The molecule has 0 fully saturated rings. The Morgan fingerprint density at radius 2 is 0.909 bits per heavy atom. The third kappa shape index (κ3) is 25.8. The molecule has 0 bridgehead atoms. The summed E-state index contributed by atoms with van der Waals surface area (Å²) in [5.41, 5.74) is 0. The largest absolute Gasteiger partial charge is 0.480 e. The summed E-state index contributed by atoms with van der Waals surface area (Å²) in [6, 6.07) is -2.56. The van der Waals surface area contributed by atoms with Crippen molar-refractivity contribution < 1.29 is 39.0 Å². The molecule has 0 aliphatic rings. The molecule has 0 heterocycles. The van der Waals surface area contributed by atoms with Gasteiger partial charge in [0.1, 0.15) is 12.1 Å². The molecule has 0 aromatic rings. The Bertz CT molecular complexity index is 855. The average Bonchev–Trinajstić information content (AvgIpc) is 2.96. The second-order valence-corrected chi connectivity index (χ2v) is 12.0. The topological polar surface area (TPSA) is 179 Å². The fourth-order valence-electron chi connectivity index (χ4n) is 4.80. The van der Waals surface area contributed by atoms with Gasteiger partial charge in [0.2, 0.25) is 17.7 Å². The molecule has 3 amide bonds. The maximum atomic E-state index is 12.3. The molecule has 2 atom stereocenters. The molecule has 5 N–H and O–H groups in total. The third-order valence-corrected chi connectivity index (χ3v) is 7.71. The van der Waals surface area contributed by atoms with Gasteiger partial charge in [-0.1, -0.05) is 90.4 Å². The number of amides is 3. The standard InChI is InChI=1S/C32H57N3O8S/c1-2-3-4-5-6-7-8-9-10-11-12-13-15-18-28(37)34-26(32(42)43)21-23-29(38)35-25(31(40)41)20-22-27(36)33-24-17-14-16-19-30(39)44/h25-26H,2-24H2,1H3,(H,33,36)(H,34,37)(H,35,38)(H,39,44)(H,40,41)(H,42,43)/t25-,26-/m0/s1. The van der Waals surface area contributed by atoms with Crippen molar-refractivity contribution >= 4 is 47.4 Å². The molecule has 0 aliphatic carbocycles. The van der Waals surface area contributed by atoms with Crippen LogP contribution in [-0.4, -0.2) is 63.6 Å². The van der Waals surface area contributed by atoms with Crippen molar-refractivity contribution in [2.24, 2.45) is 0 Å². The van der Waals surface area contributed by atoms with Crippen molar-refractivity contribution in [3.05, 3.63) is 0 Å². The van der Waals surface area contributed by atoms with Gasteiger partial charge in [0.05, 0.1) is 0 Å². The minimum absolute atomic E-state index is 0.112. The van der Waals surface area contributed by atoms with Crippen LogP contribution in [0.3, 0.4) is 0 Å². The second kappa shape index (κ2) is 27.9. The molecular formula is C32H57N3O8S. The van der Waals surface area contributed by atoms with Crippen LogP contribution in [0.4, 0.5) is 0 Å². The Morgan fingerprint density at radius 1 is 0.523 bits per heavy atom. The first-order valence-electron chi connectivity index (χ1n) is 16.6. The van der Waals surface area contributed by atoms with Gasteiger partial charge >= 0.3 is 11.9 Å². The Labute approximate surface area is 268 Å². The molecule has 0 aromatic heterocycles. The number of rotatable bonds is 30. The number of hydrogen-bond acceptors (Lipinski definition) is 6. The van der Waals surface area contributed by atoms with Gasteiger partial charge in [-0.2, -0.15) is 0 Å². The predicted octanol–water partition coefficient (Wildman–Crippen LogP) is 5.30. The monoisotopic (exact) mass is 643 g/mol. The van der Waals surface area contributed by atoms with Gasteiger partial charge < -0.3 is 26.2 Å². The Kier molecular flexibility index (Phi) is 26.2. The van der Waals surface area contributed by atoms with Gasteiger partial charge in [0.15, 0.2) is 5.12 Å². The zero-order valence-corrected chi connectivity index (χ0v) is 27.6. The van der Waals surface area contributed by atoms with E-state index in [1.807, 2.05) is 0 Å². The van der Waals surface area contributed by atoms with E-state index in [-0.39, 0.29) is 49.0 Å². The number of aliphatic carboxylic acids is 2. The number of carboxylic acid groups (broad SMARTS) is 2. The number of unbranched alkanes of at least 4 members (excludes halogenated alkanes) is 14. The maximum Gasteiger partial charge on any atom is 0.326 e. The second-order valence-electron chi connectivity index (χ2n) is 11.5. The highest BCUT2D eigenvalue weighted by atomic mass is 32.1. The van der Waals surface area contributed by atoms with E-state index in [2.05, 4.69) is 35.5 Å². The van der Waals surface area contributed by atoms with Gasteiger partial charge in [-0.05, 0) is 32.1 Å². The molecule has 0 spiro atoms. The predicted molar refractivity (Wildman–Crippen MR) is 173 cm³/mol. The van der Waals surface area contributed by atoms with Crippen LogP contribution in [0.1, 0.15) is 148 Å². The first-order valence-corrected chi connectivity index (χ1v) is 17.0. The maximum absolute atomic E-state index is 12.3. The number of carboxylic acids is 2. The van der Waals surface area contributed by atoms with Crippen LogP contribution in [0, 0.1) is 0 Å². The molecule has 44 heavy (non-hydrogen) atoms. The Balaban J connectivity index is 4.15. The van der Waals surface area contributed by atoms with Crippen LogP contribution in [0.2, 0.25) is 0 Å². The van der Waals surface area contributed by atoms with E-state index in [4.69, 9.17) is 0 Å². The average molecular weight is 644 g/mol. The highest BCUT2D eigenvalue weighted by Gasteiger charge is 2.24. The van der Waals surface area contributed by atoms with Crippen LogP contribution in [0.5, 0.6) is 0 Å². The van der Waals surface area contributed by atoms with E-state index in [0.717, 1.165) is 25.7 Å². The lowest BCUT2D eigenvalue weighted by Gasteiger charge is -2.17. The fraction of sp³-hybridized carbons (Fsp3) is 0.812. The summed E-state index contributed by atoms with van der Waals surface area (Å²) < 4.78 is 0. The quantitative estimate of drug-likeness (QED) is 0.0451. The molecule has 0 radical (unpaired) electrons. The van der Waals surface area contributed by atoms with Crippen LogP contribution in [0.15, 0.2) is 0 Å². The van der Waals surface area contributed by atoms with Crippen LogP contribution >= 0.6 is 12.6 Å². The number of carbonyl (C=O) groups excluding carboxylic acids is 4. The van der Waals surface area contributed by atoms with Crippen molar-refractivity contribution in [1.29, 1.82) is 0 Å². The molecular weight excluding hydrogens is 586 g/mol. The summed E-state index contributed by atoms with van der Waals surface area (Å²) in [5.74, 6) is -3.98. The smallest absolute Gasteiger partial charge is 0.326 e. The van der Waals surface area contributed by atoms with Crippen molar-refractivity contribution in [2.45, 2.75) is 160 Å². The van der Waals surface area contributed by atoms with E-state index in [1.54, 1.807) is 0 Å². The van der Waals surface area contributed by atoms with Gasteiger partial charge in [0.25, 0.3) is 0 Å². The normalized spacial score (nSPS) is 12.2. The molecule has 254 valence electrons. The van der Waals surface area contributed by atoms with Crippen molar-refractivity contribution in [1.82, 2.24) is 16.0 Å². The SMILES string of the molecule is CCCCCCCCCCCCCCCC(=O)N[C@@H](CCC(=O)N[C@@H](CCC(=O)NCCCCCC(=O)S)C(=O)O)C(=O)O. The summed E-state index contributed by atoms with van der Waals surface area (Å²) >= 11 is 3.69. The van der Waals surface area contributed by atoms with Gasteiger partial charge in [-0.3, -0.25) is 19.2 Å². The van der Waals surface area contributed by atoms with Crippen LogP contribution < -0.4 is 16.0 Å². The first-order chi connectivity index (χ1) is 21.1.